The molecule has 0 bridgehead atoms. The zero-order chi connectivity index (χ0) is 19.3. The summed E-state index contributed by atoms with van der Waals surface area (Å²) in [7, 11) is -1.10. The first-order valence-electron chi connectivity index (χ1n) is 8.41. The highest BCUT2D eigenvalue weighted by Crippen LogP contribution is 2.28. The SMILES string of the molecule is COc1ccc(S(=O)(=O)N[C@H](C(=O)N2CCOCC2)C(C)C)c(OC)c1. The number of hydrogen-bond acceptors (Lipinski definition) is 6. The maximum Gasteiger partial charge on any atom is 0.244 e. The van der Waals surface area contributed by atoms with E-state index >= 15 is 0 Å². The maximum absolute atomic E-state index is 12.9. The number of carbonyl (C=O) groups excluding carboxylic acids is 1. The van der Waals surface area contributed by atoms with Gasteiger partial charge in [0.1, 0.15) is 22.4 Å². The maximum atomic E-state index is 12.9. The number of hydrogen-bond donors (Lipinski definition) is 1. The number of nitrogens with one attached hydrogen (secondary N) is 1. The van der Waals surface area contributed by atoms with Crippen molar-refractivity contribution in [3.8, 4) is 11.5 Å². The normalized spacial score (nSPS) is 16.4. The Morgan fingerprint density at radius 2 is 1.85 bits per heavy atom. The standard InChI is InChI=1S/C17H26N2O6S/c1-12(2)16(17(20)19-7-9-25-10-8-19)18-26(21,22)15-6-5-13(23-3)11-14(15)24-4/h5-6,11-12,16,18H,7-10H2,1-4H3/t16-/m0/s1. The van der Waals surface area contributed by atoms with Crippen LogP contribution in [0.25, 0.3) is 0 Å². The van der Waals surface area contributed by atoms with Crippen molar-refractivity contribution in [2.24, 2.45) is 5.92 Å². The van der Waals surface area contributed by atoms with E-state index in [0.717, 1.165) is 0 Å². The van der Waals surface area contributed by atoms with E-state index in [0.29, 0.717) is 32.1 Å². The first kappa shape index (κ1) is 20.5. The van der Waals surface area contributed by atoms with E-state index in [-0.39, 0.29) is 22.5 Å². The quantitative estimate of drug-likeness (QED) is 0.747. The summed E-state index contributed by atoms with van der Waals surface area (Å²) in [6.45, 7) is 5.42. The molecular formula is C17H26N2O6S. The Bertz CT molecular complexity index is 729. The van der Waals surface area contributed by atoms with Gasteiger partial charge in [0.25, 0.3) is 0 Å². The molecule has 0 saturated carbocycles. The van der Waals surface area contributed by atoms with Gasteiger partial charge in [-0.25, -0.2) is 8.42 Å². The van der Waals surface area contributed by atoms with Crippen molar-refractivity contribution in [3.63, 3.8) is 0 Å². The molecular weight excluding hydrogens is 360 g/mol. The fourth-order valence-corrected chi connectivity index (χ4v) is 4.17. The number of nitrogens with zero attached hydrogens (tertiary/aromatic N) is 1. The lowest BCUT2D eigenvalue weighted by molar-refractivity contribution is -0.138. The van der Waals surface area contributed by atoms with Crippen molar-refractivity contribution in [1.82, 2.24) is 9.62 Å². The first-order valence-corrected chi connectivity index (χ1v) is 9.89. The third-order valence-corrected chi connectivity index (χ3v) is 5.68. The number of benzene rings is 1. The molecule has 9 heteroatoms. The number of morpholine rings is 1. The van der Waals surface area contributed by atoms with E-state index in [2.05, 4.69) is 4.72 Å². The molecule has 1 heterocycles. The molecule has 1 atom stereocenters. The molecule has 146 valence electrons. The Balaban J connectivity index is 2.28. The van der Waals surface area contributed by atoms with Crippen LogP contribution in [0.4, 0.5) is 0 Å². The van der Waals surface area contributed by atoms with Crippen LogP contribution in [0.15, 0.2) is 23.1 Å². The van der Waals surface area contributed by atoms with Gasteiger partial charge in [0.2, 0.25) is 15.9 Å². The van der Waals surface area contributed by atoms with Crippen molar-refractivity contribution in [3.05, 3.63) is 18.2 Å². The highest BCUT2D eigenvalue weighted by Gasteiger charge is 2.33. The van der Waals surface area contributed by atoms with Crippen molar-refractivity contribution in [2.45, 2.75) is 24.8 Å². The summed E-state index contributed by atoms with van der Waals surface area (Å²) < 4.78 is 43.8. The van der Waals surface area contributed by atoms with Gasteiger partial charge in [0.15, 0.2) is 0 Å². The average molecular weight is 386 g/mol. The molecule has 2 rings (SSSR count). The molecule has 0 spiro atoms. The highest BCUT2D eigenvalue weighted by atomic mass is 32.2. The Morgan fingerprint density at radius 3 is 2.38 bits per heavy atom. The van der Waals surface area contributed by atoms with E-state index in [1.165, 1.54) is 32.4 Å². The van der Waals surface area contributed by atoms with Crippen LogP contribution in [-0.4, -0.2) is 65.8 Å². The summed E-state index contributed by atoms with van der Waals surface area (Å²) in [5.41, 5.74) is 0. The van der Waals surface area contributed by atoms with Gasteiger partial charge < -0.3 is 19.1 Å². The summed E-state index contributed by atoms with van der Waals surface area (Å²) in [5, 5.41) is 0. The highest BCUT2D eigenvalue weighted by molar-refractivity contribution is 7.89. The Hall–Kier alpha value is -1.84. The predicted molar refractivity (Wildman–Crippen MR) is 95.9 cm³/mol. The minimum absolute atomic E-state index is 0.0405. The minimum atomic E-state index is -3.97. The number of ether oxygens (including phenoxy) is 3. The molecule has 1 aromatic rings. The fourth-order valence-electron chi connectivity index (χ4n) is 2.68. The fraction of sp³-hybridized carbons (Fsp3) is 0.588. The van der Waals surface area contributed by atoms with Crippen LogP contribution in [0.3, 0.4) is 0 Å². The van der Waals surface area contributed by atoms with E-state index in [4.69, 9.17) is 14.2 Å². The molecule has 1 amide bonds. The lowest BCUT2D eigenvalue weighted by Crippen LogP contribution is -2.53. The second-order valence-corrected chi connectivity index (χ2v) is 7.98. The van der Waals surface area contributed by atoms with Crippen molar-refractivity contribution in [1.29, 1.82) is 0 Å². The third-order valence-electron chi connectivity index (χ3n) is 4.20. The van der Waals surface area contributed by atoms with Gasteiger partial charge in [0, 0.05) is 19.2 Å². The van der Waals surface area contributed by atoms with Crippen LogP contribution in [-0.2, 0) is 19.6 Å². The van der Waals surface area contributed by atoms with E-state index in [1.54, 1.807) is 18.7 Å². The van der Waals surface area contributed by atoms with Crippen molar-refractivity contribution in [2.75, 3.05) is 40.5 Å². The van der Waals surface area contributed by atoms with Gasteiger partial charge in [-0.1, -0.05) is 13.8 Å². The Labute approximate surface area is 154 Å². The molecule has 0 unspecified atom stereocenters. The third kappa shape index (κ3) is 4.66. The molecule has 1 saturated heterocycles. The van der Waals surface area contributed by atoms with Crippen LogP contribution < -0.4 is 14.2 Å². The first-order chi connectivity index (χ1) is 12.3. The number of rotatable bonds is 7. The molecule has 0 aliphatic carbocycles. The number of carbonyl (C=O) groups is 1. The van der Waals surface area contributed by atoms with E-state index in [1.807, 2.05) is 0 Å². The van der Waals surface area contributed by atoms with Crippen LogP contribution in [0.5, 0.6) is 11.5 Å². The molecule has 1 fully saturated rings. The molecule has 8 nitrogen and oxygen atoms in total. The van der Waals surface area contributed by atoms with E-state index < -0.39 is 16.1 Å². The predicted octanol–water partition coefficient (Wildman–Crippen LogP) is 0.866. The molecule has 26 heavy (non-hydrogen) atoms. The monoisotopic (exact) mass is 386 g/mol. The average Bonchev–Trinajstić information content (AvgIpc) is 2.65. The van der Waals surface area contributed by atoms with Crippen molar-refractivity contribution < 1.29 is 27.4 Å². The molecule has 0 radical (unpaired) electrons. The van der Waals surface area contributed by atoms with Crippen molar-refractivity contribution >= 4 is 15.9 Å². The lowest BCUT2D eigenvalue weighted by Gasteiger charge is -2.32. The van der Waals surface area contributed by atoms with E-state index in [9.17, 15) is 13.2 Å². The van der Waals surface area contributed by atoms with Gasteiger partial charge >= 0.3 is 0 Å². The molecule has 1 N–H and O–H groups in total. The number of amides is 1. The zero-order valence-electron chi connectivity index (χ0n) is 15.5. The van der Waals surface area contributed by atoms with Crippen LogP contribution in [0, 0.1) is 5.92 Å². The Morgan fingerprint density at radius 1 is 1.19 bits per heavy atom. The lowest BCUT2D eigenvalue weighted by atomic mass is 10.0. The van der Waals surface area contributed by atoms with Gasteiger partial charge in [-0.2, -0.15) is 4.72 Å². The summed E-state index contributed by atoms with van der Waals surface area (Å²) in [5.74, 6) is 0.160. The second-order valence-electron chi connectivity index (χ2n) is 6.30. The van der Waals surface area contributed by atoms with Gasteiger partial charge in [0.05, 0.1) is 27.4 Å². The molecule has 1 aliphatic heterocycles. The summed E-state index contributed by atoms with van der Waals surface area (Å²) in [6, 6.07) is 3.55. The zero-order valence-corrected chi connectivity index (χ0v) is 16.3. The summed E-state index contributed by atoms with van der Waals surface area (Å²) >= 11 is 0. The van der Waals surface area contributed by atoms with Crippen LogP contribution in [0.2, 0.25) is 0 Å². The van der Waals surface area contributed by atoms with Gasteiger partial charge in [-0.15, -0.1) is 0 Å². The van der Waals surface area contributed by atoms with Crippen LogP contribution >= 0.6 is 0 Å². The topological polar surface area (TPSA) is 94.2 Å². The molecule has 1 aromatic carbocycles. The number of sulfonamides is 1. The summed E-state index contributed by atoms with van der Waals surface area (Å²) in [6.07, 6.45) is 0. The molecule has 0 aromatic heterocycles. The largest absolute Gasteiger partial charge is 0.497 e. The van der Waals surface area contributed by atoms with Gasteiger partial charge in [-0.3, -0.25) is 4.79 Å². The summed E-state index contributed by atoms with van der Waals surface area (Å²) in [4.78, 5) is 14.4. The van der Waals surface area contributed by atoms with Crippen LogP contribution in [0.1, 0.15) is 13.8 Å². The second kappa shape index (κ2) is 8.70. The number of methoxy groups -OCH3 is 2. The van der Waals surface area contributed by atoms with Gasteiger partial charge in [-0.05, 0) is 18.1 Å². The molecule has 1 aliphatic rings. The Kier molecular flexibility index (Phi) is 6.85. The smallest absolute Gasteiger partial charge is 0.244 e. The minimum Gasteiger partial charge on any atom is -0.497 e.